The molecule has 3 aromatic heterocycles. The van der Waals surface area contributed by atoms with Crippen molar-refractivity contribution in [2.24, 2.45) is 0 Å². The number of aromatic nitrogens is 4. The zero-order valence-corrected chi connectivity index (χ0v) is 15.0. The molecule has 28 heavy (non-hydrogen) atoms. The third-order valence-electron chi connectivity index (χ3n) is 4.14. The van der Waals surface area contributed by atoms with Crippen molar-refractivity contribution in [1.29, 1.82) is 0 Å². The van der Waals surface area contributed by atoms with Gasteiger partial charge in [-0.2, -0.15) is 0 Å². The number of pyridine rings is 2. The van der Waals surface area contributed by atoms with Gasteiger partial charge in [-0.3, -0.25) is 15.3 Å². The van der Waals surface area contributed by atoms with Gasteiger partial charge in [0.15, 0.2) is 0 Å². The minimum atomic E-state index is -0.449. The van der Waals surface area contributed by atoms with Gasteiger partial charge in [0.25, 0.3) is 0 Å². The smallest absolute Gasteiger partial charge is 0.321 e. The number of hydrogen-bond acceptors (Lipinski definition) is 4. The Kier molecular flexibility index (Phi) is 4.67. The molecule has 0 atom stereocenters. The molecule has 2 amide bonds. The van der Waals surface area contributed by atoms with Crippen molar-refractivity contribution in [1.82, 2.24) is 25.3 Å². The fourth-order valence-electron chi connectivity index (χ4n) is 2.94. The van der Waals surface area contributed by atoms with Crippen molar-refractivity contribution >= 4 is 23.0 Å². The topological polar surface area (TPSA) is 95.6 Å². The van der Waals surface area contributed by atoms with Crippen LogP contribution >= 0.6 is 0 Å². The largest absolute Gasteiger partial charge is 0.338 e. The molecule has 0 spiro atoms. The summed E-state index contributed by atoms with van der Waals surface area (Å²) in [5, 5.41) is 5.28. The van der Waals surface area contributed by atoms with Gasteiger partial charge in [0.05, 0.1) is 16.7 Å². The molecule has 3 heterocycles. The number of urea groups is 1. The molecule has 0 bridgehead atoms. The van der Waals surface area contributed by atoms with E-state index in [1.165, 1.54) is 18.3 Å². The Morgan fingerprint density at radius 2 is 2.00 bits per heavy atom. The summed E-state index contributed by atoms with van der Waals surface area (Å²) in [5.74, 6) is -0.188. The highest BCUT2D eigenvalue weighted by Gasteiger charge is 2.17. The van der Waals surface area contributed by atoms with Gasteiger partial charge in [-0.05, 0) is 43.3 Å². The standard InChI is InChI=1S/C20H17FN6O/c1-2-22-20(28)27-19-25-16-11-12(15-7-3-4-8-23-15)10-13(18(16)26-19)17-14(21)6-5-9-24-17/h3-11H,2H2,1H3,(H3,22,25,26,27,28). The van der Waals surface area contributed by atoms with Crippen LogP contribution in [0.4, 0.5) is 15.1 Å². The van der Waals surface area contributed by atoms with Gasteiger partial charge in [0.1, 0.15) is 11.5 Å². The van der Waals surface area contributed by atoms with Gasteiger partial charge in [0, 0.05) is 30.1 Å². The van der Waals surface area contributed by atoms with Crippen molar-refractivity contribution < 1.29 is 9.18 Å². The molecule has 0 saturated heterocycles. The highest BCUT2D eigenvalue weighted by Crippen LogP contribution is 2.33. The molecule has 4 rings (SSSR count). The third-order valence-corrected chi connectivity index (χ3v) is 4.14. The number of H-pyrrole nitrogens is 1. The number of amides is 2. The second-order valence-corrected chi connectivity index (χ2v) is 6.04. The second-order valence-electron chi connectivity index (χ2n) is 6.04. The van der Waals surface area contributed by atoms with Gasteiger partial charge in [0.2, 0.25) is 5.95 Å². The first-order valence-electron chi connectivity index (χ1n) is 8.76. The molecule has 140 valence electrons. The molecule has 4 aromatic rings. The number of rotatable bonds is 4. The van der Waals surface area contributed by atoms with E-state index in [-0.39, 0.29) is 17.7 Å². The van der Waals surface area contributed by atoms with Crippen LogP contribution in [0.5, 0.6) is 0 Å². The van der Waals surface area contributed by atoms with Gasteiger partial charge >= 0.3 is 6.03 Å². The van der Waals surface area contributed by atoms with Crippen molar-refractivity contribution in [3.63, 3.8) is 0 Å². The molecule has 0 saturated carbocycles. The maximum atomic E-state index is 14.5. The van der Waals surface area contributed by atoms with Crippen LogP contribution in [-0.2, 0) is 0 Å². The van der Waals surface area contributed by atoms with Crippen molar-refractivity contribution in [3.05, 3.63) is 60.7 Å². The average Bonchev–Trinajstić information content (AvgIpc) is 3.11. The molecular formula is C20H17FN6O. The molecule has 1 aromatic carbocycles. The minimum Gasteiger partial charge on any atom is -0.338 e. The number of fused-ring (bicyclic) bond motifs is 1. The van der Waals surface area contributed by atoms with Crippen molar-refractivity contribution in [2.45, 2.75) is 6.92 Å². The summed E-state index contributed by atoms with van der Waals surface area (Å²) in [6.07, 6.45) is 3.22. The Morgan fingerprint density at radius 3 is 2.75 bits per heavy atom. The van der Waals surface area contributed by atoms with Gasteiger partial charge in [-0.15, -0.1) is 0 Å². The Morgan fingerprint density at radius 1 is 1.14 bits per heavy atom. The summed E-state index contributed by atoms with van der Waals surface area (Å²) in [4.78, 5) is 27.9. The molecule has 0 radical (unpaired) electrons. The maximum absolute atomic E-state index is 14.5. The lowest BCUT2D eigenvalue weighted by Gasteiger charge is -2.07. The lowest BCUT2D eigenvalue weighted by atomic mass is 10.0. The number of aromatic amines is 1. The monoisotopic (exact) mass is 376 g/mol. The van der Waals surface area contributed by atoms with Crippen molar-refractivity contribution in [3.8, 4) is 22.5 Å². The first-order valence-corrected chi connectivity index (χ1v) is 8.76. The van der Waals surface area contributed by atoms with E-state index in [0.29, 0.717) is 23.1 Å². The molecule has 0 aliphatic carbocycles. The summed E-state index contributed by atoms with van der Waals surface area (Å²) >= 11 is 0. The highest BCUT2D eigenvalue weighted by atomic mass is 19.1. The normalized spacial score (nSPS) is 10.8. The third kappa shape index (κ3) is 3.39. The summed E-state index contributed by atoms with van der Waals surface area (Å²) in [5.41, 5.74) is 3.36. The predicted octanol–water partition coefficient (Wildman–Crippen LogP) is 3.97. The van der Waals surface area contributed by atoms with Gasteiger partial charge in [-0.1, -0.05) is 6.07 Å². The van der Waals surface area contributed by atoms with E-state index in [0.717, 1.165) is 11.3 Å². The number of benzene rings is 1. The predicted molar refractivity (Wildman–Crippen MR) is 105 cm³/mol. The van der Waals surface area contributed by atoms with E-state index in [4.69, 9.17) is 0 Å². The van der Waals surface area contributed by atoms with Crippen LogP contribution in [0.2, 0.25) is 0 Å². The first-order chi connectivity index (χ1) is 13.7. The van der Waals surface area contributed by atoms with Crippen LogP contribution in [0.25, 0.3) is 33.5 Å². The zero-order chi connectivity index (χ0) is 19.5. The molecule has 8 heteroatoms. The molecule has 0 aliphatic heterocycles. The Balaban J connectivity index is 1.90. The van der Waals surface area contributed by atoms with E-state index in [9.17, 15) is 9.18 Å². The van der Waals surface area contributed by atoms with Crippen LogP contribution in [0.3, 0.4) is 0 Å². The van der Waals surface area contributed by atoms with Crippen LogP contribution in [0, 0.1) is 5.82 Å². The van der Waals surface area contributed by atoms with E-state index >= 15 is 0 Å². The Hall–Kier alpha value is -3.81. The first kappa shape index (κ1) is 17.6. The number of carbonyl (C=O) groups excluding carboxylic acids is 1. The summed E-state index contributed by atoms with van der Waals surface area (Å²) in [6.45, 7) is 2.31. The quantitative estimate of drug-likeness (QED) is 0.502. The van der Waals surface area contributed by atoms with Gasteiger partial charge < -0.3 is 10.3 Å². The molecule has 3 N–H and O–H groups in total. The lowest BCUT2D eigenvalue weighted by molar-refractivity contribution is 0.252. The van der Waals surface area contributed by atoms with Gasteiger partial charge in [-0.25, -0.2) is 14.2 Å². The van der Waals surface area contributed by atoms with E-state index in [1.54, 1.807) is 6.20 Å². The fraction of sp³-hybridized carbons (Fsp3) is 0.100. The Bertz CT molecular complexity index is 1140. The lowest BCUT2D eigenvalue weighted by Crippen LogP contribution is -2.28. The molecule has 0 fully saturated rings. The van der Waals surface area contributed by atoms with E-state index in [1.807, 2.05) is 37.3 Å². The van der Waals surface area contributed by atoms with Crippen LogP contribution in [0.1, 0.15) is 6.92 Å². The zero-order valence-electron chi connectivity index (χ0n) is 15.0. The van der Waals surface area contributed by atoms with E-state index in [2.05, 4.69) is 30.6 Å². The summed E-state index contributed by atoms with van der Waals surface area (Å²) in [7, 11) is 0. The number of halogens is 1. The van der Waals surface area contributed by atoms with Crippen molar-refractivity contribution in [2.75, 3.05) is 11.9 Å². The number of hydrogen-bond donors (Lipinski definition) is 3. The number of nitrogens with one attached hydrogen (secondary N) is 3. The fourth-order valence-corrected chi connectivity index (χ4v) is 2.94. The van der Waals surface area contributed by atoms with Crippen LogP contribution in [0.15, 0.2) is 54.9 Å². The number of nitrogens with zero attached hydrogens (tertiary/aromatic N) is 3. The van der Waals surface area contributed by atoms with Crippen LogP contribution < -0.4 is 10.6 Å². The second kappa shape index (κ2) is 7.43. The molecule has 0 aliphatic rings. The minimum absolute atomic E-state index is 0.193. The average molecular weight is 376 g/mol. The number of carbonyl (C=O) groups is 1. The molecule has 7 nitrogen and oxygen atoms in total. The maximum Gasteiger partial charge on any atom is 0.321 e. The summed E-state index contributed by atoms with van der Waals surface area (Å²) < 4.78 is 14.5. The van der Waals surface area contributed by atoms with E-state index < -0.39 is 5.82 Å². The number of imidazole rings is 1. The molecular weight excluding hydrogens is 359 g/mol. The highest BCUT2D eigenvalue weighted by molar-refractivity contribution is 5.97. The van der Waals surface area contributed by atoms with Crippen LogP contribution in [-0.4, -0.2) is 32.5 Å². The SMILES string of the molecule is CCNC(=O)Nc1nc2cc(-c3ccccn3)cc(-c3ncccc3F)c2[nH]1. The number of anilines is 1. The Labute approximate surface area is 160 Å². The summed E-state index contributed by atoms with van der Waals surface area (Å²) in [6, 6.07) is 11.7. The molecule has 0 unspecified atom stereocenters.